The van der Waals surface area contributed by atoms with E-state index < -0.39 is 0 Å². The van der Waals surface area contributed by atoms with Gasteiger partial charge in [0.25, 0.3) is 0 Å². The van der Waals surface area contributed by atoms with E-state index in [4.69, 9.17) is 0 Å². The van der Waals surface area contributed by atoms with Crippen LogP contribution in [-0.2, 0) is 6.42 Å². The van der Waals surface area contributed by atoms with Crippen molar-refractivity contribution in [3.05, 3.63) is 35.9 Å². The Hall–Kier alpha value is -0.780. The molecular weight excluding hydrogens is 312 g/mol. The van der Waals surface area contributed by atoms with Crippen molar-refractivity contribution >= 4 is 0 Å². The van der Waals surface area contributed by atoms with Crippen LogP contribution in [0.2, 0.25) is 0 Å². The average molecular weight is 343 g/mol. The predicted molar refractivity (Wildman–Crippen MR) is 101 cm³/mol. The molecule has 0 spiro atoms. The molecule has 0 bridgehead atoms. The molecule has 0 heteroatoms. The third-order valence-electron chi connectivity index (χ3n) is 12.4. The van der Waals surface area contributed by atoms with Crippen molar-refractivity contribution in [3.63, 3.8) is 0 Å². The fourth-order valence-corrected chi connectivity index (χ4v) is 13.0. The van der Waals surface area contributed by atoms with Crippen molar-refractivity contribution in [1.29, 1.82) is 0 Å². The van der Waals surface area contributed by atoms with E-state index in [0.29, 0.717) is 0 Å². The molecule has 8 saturated carbocycles. The van der Waals surface area contributed by atoms with Crippen molar-refractivity contribution in [2.75, 3.05) is 0 Å². The van der Waals surface area contributed by atoms with E-state index >= 15 is 0 Å². The summed E-state index contributed by atoms with van der Waals surface area (Å²) in [5, 5.41) is 0. The first-order chi connectivity index (χ1) is 12.9. The van der Waals surface area contributed by atoms with Gasteiger partial charge in [0.15, 0.2) is 0 Å². The summed E-state index contributed by atoms with van der Waals surface area (Å²) in [7, 11) is 0. The van der Waals surface area contributed by atoms with E-state index in [1.807, 2.05) is 0 Å². The van der Waals surface area contributed by atoms with Crippen molar-refractivity contribution in [1.82, 2.24) is 0 Å². The molecule has 0 aliphatic heterocycles. The summed E-state index contributed by atoms with van der Waals surface area (Å²) in [6.07, 6.45) is 7.98. The third kappa shape index (κ3) is 1.12. The van der Waals surface area contributed by atoms with Gasteiger partial charge < -0.3 is 0 Å². The van der Waals surface area contributed by atoms with E-state index in [1.54, 1.807) is 31.2 Å². The largest absolute Gasteiger partial charge is 0.0622 e. The van der Waals surface area contributed by atoms with Crippen molar-refractivity contribution < 1.29 is 0 Å². The summed E-state index contributed by atoms with van der Waals surface area (Å²) in [6, 6.07) is 11.7. The van der Waals surface area contributed by atoms with Gasteiger partial charge in [0.05, 0.1) is 0 Å². The van der Waals surface area contributed by atoms with Crippen LogP contribution < -0.4 is 0 Å². The zero-order chi connectivity index (χ0) is 16.3. The second kappa shape index (κ2) is 3.99. The Morgan fingerprint density at radius 2 is 0.923 bits per heavy atom. The van der Waals surface area contributed by atoms with Crippen LogP contribution in [0.3, 0.4) is 0 Å². The van der Waals surface area contributed by atoms with Gasteiger partial charge in [-0.15, -0.1) is 0 Å². The summed E-state index contributed by atoms with van der Waals surface area (Å²) in [5.74, 6) is 17.9. The molecule has 134 valence electrons. The molecule has 0 radical (unpaired) electrons. The Morgan fingerprint density at radius 1 is 0.500 bits per heavy atom. The fraction of sp³-hybridized carbons (Fsp3) is 0.769. The van der Waals surface area contributed by atoms with Gasteiger partial charge in [0.1, 0.15) is 0 Å². The first-order valence-electron chi connectivity index (χ1n) is 12.0. The van der Waals surface area contributed by atoms with Crippen molar-refractivity contribution in [3.8, 4) is 0 Å². The van der Waals surface area contributed by atoms with Crippen LogP contribution in [0.4, 0.5) is 0 Å². The van der Waals surface area contributed by atoms with E-state index in [1.165, 1.54) is 77.4 Å². The number of rotatable bonds is 2. The van der Waals surface area contributed by atoms with Crippen LogP contribution in [0.1, 0.15) is 31.2 Å². The number of hydrogen-bond acceptors (Lipinski definition) is 0. The van der Waals surface area contributed by atoms with Gasteiger partial charge in [-0.3, -0.25) is 0 Å². The second-order valence-corrected chi connectivity index (χ2v) is 11.9. The predicted octanol–water partition coefficient (Wildman–Crippen LogP) is 5.14. The van der Waals surface area contributed by atoms with E-state index in [2.05, 4.69) is 30.3 Å². The Kier molecular flexibility index (Phi) is 2.06. The van der Waals surface area contributed by atoms with Crippen LogP contribution >= 0.6 is 0 Å². The molecule has 0 nitrogen and oxygen atoms in total. The molecule has 15 atom stereocenters. The molecule has 8 aliphatic rings. The normalized spacial score (nSPS) is 68.7. The molecule has 26 heavy (non-hydrogen) atoms. The quantitative estimate of drug-likeness (QED) is 0.698. The maximum Gasteiger partial charge on any atom is -0.0245 e. The lowest BCUT2D eigenvalue weighted by atomic mass is 9.70. The Morgan fingerprint density at radius 3 is 1.42 bits per heavy atom. The number of benzene rings is 1. The molecule has 1 aromatic carbocycles. The summed E-state index contributed by atoms with van der Waals surface area (Å²) < 4.78 is 0. The molecular formula is C26H30. The molecule has 0 N–H and O–H groups in total. The highest BCUT2D eigenvalue weighted by atomic mass is 14.9. The topological polar surface area (TPSA) is 0 Å². The SMILES string of the molecule is c1ccc(CC2[C@@H]3[C@@H]4CC[C@@H]5C6C7[C@@H]8[C@H]([C@@H]2[C@@H]2CC[C@@H]6[C@H]28)[C@H]3[C@H]7[C@H]45)cc1. The van der Waals surface area contributed by atoms with Crippen LogP contribution in [0.25, 0.3) is 0 Å². The number of fused-ring (bicyclic) bond motifs is 4. The maximum absolute atomic E-state index is 2.44. The van der Waals surface area contributed by atoms with Crippen molar-refractivity contribution in [2.45, 2.75) is 32.1 Å². The maximum atomic E-state index is 2.44. The molecule has 0 amide bonds. The molecule has 1 aromatic rings. The highest BCUT2D eigenvalue weighted by molar-refractivity contribution is 5.33. The second-order valence-electron chi connectivity index (χ2n) is 11.9. The van der Waals surface area contributed by atoms with Crippen molar-refractivity contribution in [2.24, 2.45) is 88.8 Å². The lowest BCUT2D eigenvalue weighted by molar-refractivity contribution is 0.143. The average Bonchev–Trinajstić information content (AvgIpc) is 3.42. The molecule has 8 fully saturated rings. The zero-order valence-corrected chi connectivity index (χ0v) is 15.6. The number of hydrogen-bond donors (Lipinski definition) is 0. The van der Waals surface area contributed by atoms with Gasteiger partial charge in [-0.1, -0.05) is 30.3 Å². The van der Waals surface area contributed by atoms with Gasteiger partial charge in [-0.2, -0.15) is 0 Å². The van der Waals surface area contributed by atoms with Gasteiger partial charge in [0.2, 0.25) is 0 Å². The summed E-state index contributed by atoms with van der Waals surface area (Å²) in [5.41, 5.74) is 1.66. The first kappa shape index (κ1) is 13.4. The minimum atomic E-state index is 1.07. The van der Waals surface area contributed by atoms with Gasteiger partial charge >= 0.3 is 0 Å². The molecule has 0 saturated heterocycles. The molecule has 0 aromatic heterocycles. The monoisotopic (exact) mass is 342 g/mol. The Bertz CT molecular complexity index is 765. The highest BCUT2D eigenvalue weighted by Crippen LogP contribution is 2.89. The minimum absolute atomic E-state index is 1.07. The van der Waals surface area contributed by atoms with Crippen LogP contribution in [-0.4, -0.2) is 0 Å². The first-order valence-corrected chi connectivity index (χ1v) is 12.0. The zero-order valence-electron chi connectivity index (χ0n) is 15.6. The van der Waals surface area contributed by atoms with Gasteiger partial charge in [0, 0.05) is 0 Å². The standard InChI is InChI=1S/C26H30/c1-2-4-11(5-3-1)10-16-20-14-8-6-12-17-13-7-9-15-19(13)24-22(17)23(18(12)14)25(20)26(24)21(15)16/h1-5,12-26H,6-10H2/t12-,13+,14-,15-,16?,17?,18+,19-,20+,21-,22?,23+,24-,25-,26+/m1/s1. The minimum Gasteiger partial charge on any atom is -0.0622 e. The Labute approximate surface area is 157 Å². The summed E-state index contributed by atoms with van der Waals surface area (Å²) >= 11 is 0. The smallest absolute Gasteiger partial charge is 0.0245 e. The molecule has 9 rings (SSSR count). The van der Waals surface area contributed by atoms with Crippen LogP contribution in [0.5, 0.6) is 0 Å². The van der Waals surface area contributed by atoms with Gasteiger partial charge in [-0.05, 0) is 126 Å². The highest BCUT2D eigenvalue weighted by Gasteiger charge is 2.84. The Balaban J connectivity index is 1.26. The summed E-state index contributed by atoms with van der Waals surface area (Å²) in [6.45, 7) is 0. The van der Waals surface area contributed by atoms with E-state index in [0.717, 1.165) is 17.8 Å². The fourth-order valence-electron chi connectivity index (χ4n) is 13.0. The summed E-state index contributed by atoms with van der Waals surface area (Å²) in [4.78, 5) is 0. The molecule has 0 heterocycles. The van der Waals surface area contributed by atoms with Crippen LogP contribution in [0.15, 0.2) is 30.3 Å². The van der Waals surface area contributed by atoms with E-state index in [9.17, 15) is 0 Å². The van der Waals surface area contributed by atoms with Gasteiger partial charge in [-0.25, -0.2) is 0 Å². The van der Waals surface area contributed by atoms with Crippen LogP contribution in [0, 0.1) is 88.8 Å². The third-order valence-corrected chi connectivity index (χ3v) is 12.4. The molecule has 8 aliphatic carbocycles. The van der Waals surface area contributed by atoms with E-state index in [-0.39, 0.29) is 0 Å². The lowest BCUT2D eigenvalue weighted by Crippen LogP contribution is -2.30. The molecule has 3 unspecified atom stereocenters. The lowest BCUT2D eigenvalue weighted by Gasteiger charge is -2.34.